The van der Waals surface area contributed by atoms with Crippen molar-refractivity contribution in [2.75, 3.05) is 19.6 Å². The second-order valence-corrected chi connectivity index (χ2v) is 3.47. The molecule has 0 aromatic heterocycles. The Kier molecular flexibility index (Phi) is 3.98. The number of likely N-dealkylation sites (N-methyl/N-ethyl adjacent to an activating group) is 1. The number of rotatable bonds is 4. The highest BCUT2D eigenvalue weighted by atomic mass is 16.3. The first-order valence-electron chi connectivity index (χ1n) is 4.90. The van der Waals surface area contributed by atoms with Gasteiger partial charge in [0, 0.05) is 19.1 Å². The molecule has 72 valence electrons. The summed E-state index contributed by atoms with van der Waals surface area (Å²) in [5, 5.41) is 12.7. The number of aliphatic hydroxyl groups excluding tert-OH is 1. The van der Waals surface area contributed by atoms with Crippen LogP contribution in [0.5, 0.6) is 0 Å². The predicted octanol–water partition coefficient (Wildman–Crippen LogP) is 0.399. The number of hydrogen-bond donors (Lipinski definition) is 2. The first-order chi connectivity index (χ1) is 5.75. The number of aliphatic hydroxyl groups is 1. The van der Waals surface area contributed by atoms with Crippen molar-refractivity contribution in [2.45, 2.75) is 39.0 Å². The molecule has 1 heterocycles. The van der Waals surface area contributed by atoms with Gasteiger partial charge in [-0.25, -0.2) is 0 Å². The van der Waals surface area contributed by atoms with Crippen molar-refractivity contribution in [1.82, 2.24) is 10.2 Å². The molecule has 0 aliphatic carbocycles. The van der Waals surface area contributed by atoms with E-state index in [-0.39, 0.29) is 6.23 Å². The molecule has 2 unspecified atom stereocenters. The normalized spacial score (nSPS) is 27.8. The summed E-state index contributed by atoms with van der Waals surface area (Å²) in [5.74, 6) is 0. The van der Waals surface area contributed by atoms with Gasteiger partial charge in [-0.3, -0.25) is 4.90 Å². The molecule has 0 aromatic carbocycles. The van der Waals surface area contributed by atoms with Crippen LogP contribution in [-0.2, 0) is 0 Å². The zero-order chi connectivity index (χ0) is 8.97. The molecule has 1 rings (SSSR count). The molecule has 0 bridgehead atoms. The monoisotopic (exact) mass is 172 g/mol. The van der Waals surface area contributed by atoms with E-state index in [2.05, 4.69) is 17.1 Å². The fraction of sp³-hybridized carbons (Fsp3) is 1.00. The Hall–Kier alpha value is -0.120. The van der Waals surface area contributed by atoms with E-state index in [1.54, 1.807) is 0 Å². The van der Waals surface area contributed by atoms with E-state index in [4.69, 9.17) is 0 Å². The summed E-state index contributed by atoms with van der Waals surface area (Å²) in [7, 11) is 0. The maximum Gasteiger partial charge on any atom is 0.104 e. The zero-order valence-corrected chi connectivity index (χ0v) is 8.08. The highest BCUT2D eigenvalue weighted by Gasteiger charge is 2.26. The summed E-state index contributed by atoms with van der Waals surface area (Å²) in [6.45, 7) is 7.05. The molecule has 12 heavy (non-hydrogen) atoms. The summed E-state index contributed by atoms with van der Waals surface area (Å²) in [4.78, 5) is 2.17. The summed E-state index contributed by atoms with van der Waals surface area (Å²) in [6.07, 6.45) is 2.16. The largest absolute Gasteiger partial charge is 0.379 e. The van der Waals surface area contributed by atoms with Crippen LogP contribution in [0.3, 0.4) is 0 Å². The van der Waals surface area contributed by atoms with Crippen molar-refractivity contribution in [1.29, 1.82) is 0 Å². The molecule has 2 atom stereocenters. The maximum absolute atomic E-state index is 9.42. The lowest BCUT2D eigenvalue weighted by Gasteiger charge is -2.27. The molecule has 0 amide bonds. The third kappa shape index (κ3) is 2.44. The number of nitrogens with zero attached hydrogens (tertiary/aromatic N) is 1. The molecule has 0 saturated carbocycles. The zero-order valence-electron chi connectivity index (χ0n) is 8.08. The smallest absolute Gasteiger partial charge is 0.104 e. The van der Waals surface area contributed by atoms with Crippen LogP contribution in [0.4, 0.5) is 0 Å². The molecule has 3 nitrogen and oxygen atoms in total. The molecule has 1 saturated heterocycles. The Morgan fingerprint density at radius 3 is 3.00 bits per heavy atom. The quantitative estimate of drug-likeness (QED) is 0.644. The van der Waals surface area contributed by atoms with E-state index < -0.39 is 0 Å². The Labute approximate surface area is 74.8 Å². The van der Waals surface area contributed by atoms with Gasteiger partial charge in [0.25, 0.3) is 0 Å². The Morgan fingerprint density at radius 1 is 1.67 bits per heavy atom. The van der Waals surface area contributed by atoms with Gasteiger partial charge in [0.15, 0.2) is 0 Å². The molecular formula is C9H20N2O. The van der Waals surface area contributed by atoms with E-state index in [0.29, 0.717) is 6.04 Å². The Morgan fingerprint density at radius 2 is 2.42 bits per heavy atom. The second-order valence-electron chi connectivity index (χ2n) is 3.47. The molecule has 1 fully saturated rings. The van der Waals surface area contributed by atoms with Crippen LogP contribution in [0.2, 0.25) is 0 Å². The summed E-state index contributed by atoms with van der Waals surface area (Å²) >= 11 is 0. The lowest BCUT2D eigenvalue weighted by molar-refractivity contribution is 0.0102. The molecule has 0 aromatic rings. The van der Waals surface area contributed by atoms with Gasteiger partial charge in [0.1, 0.15) is 6.23 Å². The first-order valence-corrected chi connectivity index (χ1v) is 4.90. The number of likely N-dealkylation sites (tertiary alicyclic amines) is 1. The minimum Gasteiger partial charge on any atom is -0.379 e. The predicted molar refractivity (Wildman–Crippen MR) is 50.0 cm³/mol. The molecular weight excluding hydrogens is 152 g/mol. The molecule has 2 N–H and O–H groups in total. The van der Waals surface area contributed by atoms with Crippen molar-refractivity contribution in [3.8, 4) is 0 Å². The second kappa shape index (κ2) is 4.80. The highest BCUT2D eigenvalue weighted by molar-refractivity contribution is 4.81. The van der Waals surface area contributed by atoms with E-state index >= 15 is 0 Å². The molecule has 0 radical (unpaired) electrons. The molecule has 1 aliphatic heterocycles. The summed E-state index contributed by atoms with van der Waals surface area (Å²) in [6, 6.07) is 0.546. The Bertz CT molecular complexity index is 128. The van der Waals surface area contributed by atoms with E-state index in [0.717, 1.165) is 19.6 Å². The van der Waals surface area contributed by atoms with Gasteiger partial charge in [-0.2, -0.15) is 0 Å². The van der Waals surface area contributed by atoms with Gasteiger partial charge in [-0.1, -0.05) is 6.92 Å². The van der Waals surface area contributed by atoms with Gasteiger partial charge in [-0.05, 0) is 26.3 Å². The van der Waals surface area contributed by atoms with Gasteiger partial charge >= 0.3 is 0 Å². The van der Waals surface area contributed by atoms with Crippen LogP contribution in [0.15, 0.2) is 0 Å². The summed E-state index contributed by atoms with van der Waals surface area (Å²) < 4.78 is 0. The molecule has 0 spiro atoms. The minimum atomic E-state index is -0.281. The van der Waals surface area contributed by atoms with Crippen molar-refractivity contribution >= 4 is 0 Å². The van der Waals surface area contributed by atoms with E-state index in [9.17, 15) is 5.11 Å². The van der Waals surface area contributed by atoms with Crippen LogP contribution >= 0.6 is 0 Å². The third-order valence-corrected chi connectivity index (χ3v) is 2.53. The van der Waals surface area contributed by atoms with Gasteiger partial charge in [-0.15, -0.1) is 0 Å². The highest BCUT2D eigenvalue weighted by Crippen LogP contribution is 2.18. The average Bonchev–Trinajstić information content (AvgIpc) is 2.48. The maximum atomic E-state index is 9.42. The van der Waals surface area contributed by atoms with Crippen LogP contribution < -0.4 is 5.32 Å². The molecule has 3 heteroatoms. The number of nitrogens with one attached hydrogen (secondary N) is 1. The van der Waals surface area contributed by atoms with Crippen molar-refractivity contribution < 1.29 is 5.11 Å². The standard InChI is InChI=1S/C9H20N2O/c1-3-10-7-9-5-4-6-11(9)8(2)12/h8-10,12H,3-7H2,1-2H3. The topological polar surface area (TPSA) is 35.5 Å². The minimum absolute atomic E-state index is 0.281. The lowest BCUT2D eigenvalue weighted by atomic mass is 10.2. The lowest BCUT2D eigenvalue weighted by Crippen LogP contribution is -2.42. The van der Waals surface area contributed by atoms with Gasteiger partial charge in [0.05, 0.1) is 0 Å². The fourth-order valence-electron chi connectivity index (χ4n) is 1.88. The third-order valence-electron chi connectivity index (χ3n) is 2.53. The SMILES string of the molecule is CCNCC1CCCN1C(C)O. The van der Waals surface area contributed by atoms with E-state index in [1.807, 2.05) is 6.92 Å². The van der Waals surface area contributed by atoms with Crippen LogP contribution in [-0.4, -0.2) is 41.9 Å². The van der Waals surface area contributed by atoms with Crippen molar-refractivity contribution in [3.63, 3.8) is 0 Å². The van der Waals surface area contributed by atoms with Crippen LogP contribution in [0, 0.1) is 0 Å². The number of hydrogen-bond acceptors (Lipinski definition) is 3. The van der Waals surface area contributed by atoms with Gasteiger partial charge in [0.2, 0.25) is 0 Å². The van der Waals surface area contributed by atoms with Crippen molar-refractivity contribution in [3.05, 3.63) is 0 Å². The van der Waals surface area contributed by atoms with Crippen LogP contribution in [0.1, 0.15) is 26.7 Å². The van der Waals surface area contributed by atoms with Crippen LogP contribution in [0.25, 0.3) is 0 Å². The summed E-state index contributed by atoms with van der Waals surface area (Å²) in [5.41, 5.74) is 0. The molecule has 1 aliphatic rings. The van der Waals surface area contributed by atoms with E-state index in [1.165, 1.54) is 12.8 Å². The average molecular weight is 172 g/mol. The Balaban J connectivity index is 2.30. The first kappa shape index (κ1) is 9.96. The van der Waals surface area contributed by atoms with Gasteiger partial charge < -0.3 is 10.4 Å². The van der Waals surface area contributed by atoms with Crippen molar-refractivity contribution in [2.24, 2.45) is 0 Å². The fourth-order valence-corrected chi connectivity index (χ4v) is 1.88.